The van der Waals surface area contributed by atoms with Crippen molar-refractivity contribution in [2.45, 2.75) is 52.5 Å². The second-order valence-corrected chi connectivity index (χ2v) is 4.33. The molecule has 0 saturated carbocycles. The van der Waals surface area contributed by atoms with E-state index in [0.29, 0.717) is 6.04 Å². The molecule has 0 heterocycles. The van der Waals surface area contributed by atoms with Gasteiger partial charge in [0, 0.05) is 19.8 Å². The Labute approximate surface area is 89.4 Å². The van der Waals surface area contributed by atoms with Crippen LogP contribution >= 0.6 is 0 Å². The summed E-state index contributed by atoms with van der Waals surface area (Å²) in [5, 5.41) is 3.51. The fraction of sp³-hybridized carbons (Fsp3) is 1.00. The largest absolute Gasteiger partial charge is 0.385 e. The summed E-state index contributed by atoms with van der Waals surface area (Å²) < 4.78 is 5.04. The molecule has 86 valence electrons. The highest BCUT2D eigenvalue weighted by Gasteiger charge is 2.06. The standard InChI is InChI=1S/C12H27NO/c1-5-12(10-13-11(2)3)8-6-7-9-14-4/h11-13H,5-10H2,1-4H3. The van der Waals surface area contributed by atoms with E-state index in [1.54, 1.807) is 7.11 Å². The number of methoxy groups -OCH3 is 1. The molecule has 0 spiro atoms. The van der Waals surface area contributed by atoms with Crippen LogP contribution in [0.1, 0.15) is 46.5 Å². The molecular formula is C12H27NO. The van der Waals surface area contributed by atoms with Crippen LogP contribution < -0.4 is 5.32 Å². The van der Waals surface area contributed by atoms with E-state index in [0.717, 1.165) is 12.5 Å². The predicted molar refractivity (Wildman–Crippen MR) is 62.6 cm³/mol. The first-order valence-electron chi connectivity index (χ1n) is 5.93. The van der Waals surface area contributed by atoms with E-state index >= 15 is 0 Å². The maximum absolute atomic E-state index is 5.04. The third-order valence-corrected chi connectivity index (χ3v) is 2.60. The summed E-state index contributed by atoms with van der Waals surface area (Å²) in [7, 11) is 1.78. The topological polar surface area (TPSA) is 21.3 Å². The molecule has 0 radical (unpaired) electrons. The van der Waals surface area contributed by atoms with Gasteiger partial charge in [0.25, 0.3) is 0 Å². The monoisotopic (exact) mass is 201 g/mol. The van der Waals surface area contributed by atoms with Gasteiger partial charge in [-0.25, -0.2) is 0 Å². The number of unbranched alkanes of at least 4 members (excludes halogenated alkanes) is 1. The minimum atomic E-state index is 0.614. The number of nitrogens with one attached hydrogen (secondary N) is 1. The molecule has 1 atom stereocenters. The SMILES string of the molecule is CCC(CCCCOC)CNC(C)C. The lowest BCUT2D eigenvalue weighted by atomic mass is 9.99. The molecule has 0 saturated heterocycles. The van der Waals surface area contributed by atoms with Crippen molar-refractivity contribution in [3.05, 3.63) is 0 Å². The lowest BCUT2D eigenvalue weighted by Crippen LogP contribution is -2.28. The average molecular weight is 201 g/mol. The van der Waals surface area contributed by atoms with Crippen LogP contribution in [0.15, 0.2) is 0 Å². The Morgan fingerprint density at radius 1 is 1.21 bits per heavy atom. The summed E-state index contributed by atoms with van der Waals surface area (Å²) in [6, 6.07) is 0.614. The Morgan fingerprint density at radius 3 is 2.43 bits per heavy atom. The molecule has 14 heavy (non-hydrogen) atoms. The number of hydrogen-bond acceptors (Lipinski definition) is 2. The zero-order valence-corrected chi connectivity index (χ0v) is 10.3. The van der Waals surface area contributed by atoms with E-state index in [2.05, 4.69) is 26.1 Å². The van der Waals surface area contributed by atoms with Crippen LogP contribution in [0.5, 0.6) is 0 Å². The Morgan fingerprint density at radius 2 is 1.93 bits per heavy atom. The van der Waals surface area contributed by atoms with E-state index in [-0.39, 0.29) is 0 Å². The summed E-state index contributed by atoms with van der Waals surface area (Å²) in [6.07, 6.45) is 5.12. The van der Waals surface area contributed by atoms with E-state index < -0.39 is 0 Å². The van der Waals surface area contributed by atoms with Gasteiger partial charge in [-0.2, -0.15) is 0 Å². The third-order valence-electron chi connectivity index (χ3n) is 2.60. The minimum absolute atomic E-state index is 0.614. The van der Waals surface area contributed by atoms with E-state index in [1.165, 1.54) is 32.2 Å². The molecular weight excluding hydrogens is 174 g/mol. The fourth-order valence-electron chi connectivity index (χ4n) is 1.53. The Kier molecular flexibility index (Phi) is 9.42. The van der Waals surface area contributed by atoms with Crippen molar-refractivity contribution >= 4 is 0 Å². The third kappa shape index (κ3) is 8.52. The van der Waals surface area contributed by atoms with Crippen LogP contribution in [0.3, 0.4) is 0 Å². The predicted octanol–water partition coefficient (Wildman–Crippen LogP) is 2.83. The molecule has 0 aliphatic rings. The van der Waals surface area contributed by atoms with Crippen molar-refractivity contribution in [2.75, 3.05) is 20.3 Å². The Balaban J connectivity index is 3.38. The summed E-state index contributed by atoms with van der Waals surface area (Å²) in [5.41, 5.74) is 0. The van der Waals surface area contributed by atoms with Crippen molar-refractivity contribution in [3.8, 4) is 0 Å². The lowest BCUT2D eigenvalue weighted by molar-refractivity contribution is 0.189. The number of ether oxygens (including phenoxy) is 1. The normalized spacial score (nSPS) is 13.5. The van der Waals surface area contributed by atoms with Gasteiger partial charge in [-0.1, -0.05) is 33.6 Å². The first kappa shape index (κ1) is 13.9. The van der Waals surface area contributed by atoms with Crippen LogP contribution in [-0.4, -0.2) is 26.3 Å². The molecule has 1 N–H and O–H groups in total. The van der Waals surface area contributed by atoms with E-state index in [1.807, 2.05) is 0 Å². The van der Waals surface area contributed by atoms with Crippen LogP contribution in [0.2, 0.25) is 0 Å². The van der Waals surface area contributed by atoms with Crippen molar-refractivity contribution < 1.29 is 4.74 Å². The maximum atomic E-state index is 5.04. The van der Waals surface area contributed by atoms with Crippen LogP contribution in [0, 0.1) is 5.92 Å². The highest BCUT2D eigenvalue weighted by Crippen LogP contribution is 2.11. The van der Waals surface area contributed by atoms with E-state index in [9.17, 15) is 0 Å². The summed E-state index contributed by atoms with van der Waals surface area (Å²) in [4.78, 5) is 0. The fourth-order valence-corrected chi connectivity index (χ4v) is 1.53. The molecule has 0 aromatic carbocycles. The molecule has 2 heteroatoms. The molecule has 0 amide bonds. The Hall–Kier alpha value is -0.0800. The molecule has 0 bridgehead atoms. The van der Waals surface area contributed by atoms with E-state index in [4.69, 9.17) is 4.74 Å². The van der Waals surface area contributed by atoms with Gasteiger partial charge in [0.15, 0.2) is 0 Å². The molecule has 2 nitrogen and oxygen atoms in total. The lowest BCUT2D eigenvalue weighted by Gasteiger charge is -2.17. The molecule has 0 aromatic rings. The molecule has 0 aromatic heterocycles. The first-order valence-corrected chi connectivity index (χ1v) is 5.93. The van der Waals surface area contributed by atoms with Crippen LogP contribution in [0.25, 0.3) is 0 Å². The maximum Gasteiger partial charge on any atom is 0.0462 e. The smallest absolute Gasteiger partial charge is 0.0462 e. The molecule has 0 rings (SSSR count). The summed E-state index contributed by atoms with van der Waals surface area (Å²) in [6.45, 7) is 8.77. The summed E-state index contributed by atoms with van der Waals surface area (Å²) in [5.74, 6) is 0.842. The molecule has 0 fully saturated rings. The minimum Gasteiger partial charge on any atom is -0.385 e. The van der Waals surface area contributed by atoms with Gasteiger partial charge in [-0.05, 0) is 25.3 Å². The number of hydrogen-bond donors (Lipinski definition) is 1. The Bertz CT molecular complexity index is 115. The van der Waals surface area contributed by atoms with Crippen molar-refractivity contribution in [3.63, 3.8) is 0 Å². The second kappa shape index (κ2) is 9.47. The van der Waals surface area contributed by atoms with Gasteiger partial charge in [-0.15, -0.1) is 0 Å². The second-order valence-electron chi connectivity index (χ2n) is 4.33. The van der Waals surface area contributed by atoms with Gasteiger partial charge in [0.1, 0.15) is 0 Å². The van der Waals surface area contributed by atoms with Crippen LogP contribution in [-0.2, 0) is 4.74 Å². The van der Waals surface area contributed by atoms with Crippen LogP contribution in [0.4, 0.5) is 0 Å². The van der Waals surface area contributed by atoms with Gasteiger partial charge in [0.05, 0.1) is 0 Å². The van der Waals surface area contributed by atoms with Crippen molar-refractivity contribution in [2.24, 2.45) is 5.92 Å². The highest BCUT2D eigenvalue weighted by molar-refractivity contribution is 4.63. The van der Waals surface area contributed by atoms with Gasteiger partial charge >= 0.3 is 0 Å². The van der Waals surface area contributed by atoms with Gasteiger partial charge in [0.2, 0.25) is 0 Å². The van der Waals surface area contributed by atoms with Crippen molar-refractivity contribution in [1.82, 2.24) is 5.32 Å². The molecule has 0 aliphatic heterocycles. The number of rotatable bonds is 9. The summed E-state index contributed by atoms with van der Waals surface area (Å²) >= 11 is 0. The van der Waals surface area contributed by atoms with Gasteiger partial charge < -0.3 is 10.1 Å². The molecule has 1 unspecified atom stereocenters. The zero-order valence-electron chi connectivity index (χ0n) is 10.3. The van der Waals surface area contributed by atoms with Crippen molar-refractivity contribution in [1.29, 1.82) is 0 Å². The van der Waals surface area contributed by atoms with Gasteiger partial charge in [-0.3, -0.25) is 0 Å². The average Bonchev–Trinajstić information content (AvgIpc) is 2.16. The molecule has 0 aliphatic carbocycles. The first-order chi connectivity index (χ1) is 6.70. The zero-order chi connectivity index (χ0) is 10.8. The highest BCUT2D eigenvalue weighted by atomic mass is 16.5. The quantitative estimate of drug-likeness (QED) is 0.579.